The first-order valence-corrected chi connectivity index (χ1v) is 6.37. The lowest BCUT2D eigenvalue weighted by Crippen LogP contribution is -2.11. The summed E-state index contributed by atoms with van der Waals surface area (Å²) in [6.45, 7) is 4.16. The molecular formula is C13H16N2OS. The standard InChI is InChI=1S/C13H16N2OS/c1-8(14-3)12-9(2)15-13(17-12)10-4-6-11(16)7-5-10/h4-8,14,16H,1-3H3. The Morgan fingerprint density at radius 2 is 1.94 bits per heavy atom. The van der Waals surface area contributed by atoms with E-state index in [1.165, 1.54) is 4.88 Å². The van der Waals surface area contributed by atoms with Crippen LogP contribution in [0.5, 0.6) is 5.75 Å². The van der Waals surface area contributed by atoms with Crippen molar-refractivity contribution in [3.63, 3.8) is 0 Å². The summed E-state index contributed by atoms with van der Waals surface area (Å²) in [4.78, 5) is 5.84. The molecule has 4 heteroatoms. The van der Waals surface area contributed by atoms with Crippen molar-refractivity contribution in [3.8, 4) is 16.3 Å². The van der Waals surface area contributed by atoms with Crippen LogP contribution >= 0.6 is 11.3 Å². The van der Waals surface area contributed by atoms with E-state index >= 15 is 0 Å². The fraction of sp³-hybridized carbons (Fsp3) is 0.308. The molecule has 1 atom stereocenters. The molecule has 2 aromatic rings. The van der Waals surface area contributed by atoms with Crippen LogP contribution in [0.4, 0.5) is 0 Å². The van der Waals surface area contributed by atoms with Gasteiger partial charge in [-0.3, -0.25) is 0 Å². The fourth-order valence-corrected chi connectivity index (χ4v) is 2.80. The molecule has 1 aromatic heterocycles. The van der Waals surface area contributed by atoms with Crippen LogP contribution in [0.2, 0.25) is 0 Å². The Morgan fingerprint density at radius 1 is 1.29 bits per heavy atom. The average Bonchev–Trinajstić information content (AvgIpc) is 2.71. The predicted octanol–water partition coefficient (Wildman–Crippen LogP) is 3.10. The Labute approximate surface area is 105 Å². The van der Waals surface area contributed by atoms with E-state index in [0.29, 0.717) is 6.04 Å². The SMILES string of the molecule is CNC(C)c1sc(-c2ccc(O)cc2)nc1C. The van der Waals surface area contributed by atoms with E-state index in [-0.39, 0.29) is 5.75 Å². The maximum atomic E-state index is 9.26. The van der Waals surface area contributed by atoms with Gasteiger partial charge in [-0.1, -0.05) is 0 Å². The van der Waals surface area contributed by atoms with Crippen molar-refractivity contribution < 1.29 is 5.11 Å². The largest absolute Gasteiger partial charge is 0.508 e. The van der Waals surface area contributed by atoms with Gasteiger partial charge in [0.2, 0.25) is 0 Å². The number of hydrogen-bond donors (Lipinski definition) is 2. The third-order valence-electron chi connectivity index (χ3n) is 2.77. The lowest BCUT2D eigenvalue weighted by Gasteiger charge is -2.06. The minimum atomic E-state index is 0.283. The zero-order chi connectivity index (χ0) is 12.4. The van der Waals surface area contributed by atoms with E-state index in [4.69, 9.17) is 0 Å². The number of phenolic OH excluding ortho intramolecular Hbond substituents is 1. The quantitative estimate of drug-likeness (QED) is 0.877. The third kappa shape index (κ3) is 2.48. The highest BCUT2D eigenvalue weighted by Crippen LogP contribution is 2.32. The molecule has 0 aliphatic rings. The first kappa shape index (κ1) is 12.1. The summed E-state index contributed by atoms with van der Waals surface area (Å²) in [5, 5.41) is 13.5. The molecule has 0 spiro atoms. The van der Waals surface area contributed by atoms with Gasteiger partial charge >= 0.3 is 0 Å². The number of hydrogen-bond acceptors (Lipinski definition) is 4. The molecule has 1 aromatic carbocycles. The van der Waals surface area contributed by atoms with Crippen molar-refractivity contribution in [1.82, 2.24) is 10.3 Å². The van der Waals surface area contributed by atoms with Crippen molar-refractivity contribution in [2.45, 2.75) is 19.9 Å². The molecule has 0 fully saturated rings. The zero-order valence-corrected chi connectivity index (χ0v) is 11.0. The molecule has 90 valence electrons. The summed E-state index contributed by atoms with van der Waals surface area (Å²) in [6.07, 6.45) is 0. The maximum Gasteiger partial charge on any atom is 0.123 e. The van der Waals surface area contributed by atoms with E-state index in [1.54, 1.807) is 23.5 Å². The highest BCUT2D eigenvalue weighted by Gasteiger charge is 2.13. The van der Waals surface area contributed by atoms with Gasteiger partial charge in [-0.25, -0.2) is 4.98 Å². The number of nitrogens with zero attached hydrogens (tertiary/aromatic N) is 1. The van der Waals surface area contributed by atoms with Gasteiger partial charge in [-0.2, -0.15) is 0 Å². The van der Waals surface area contributed by atoms with Gasteiger partial charge in [0.25, 0.3) is 0 Å². The Hall–Kier alpha value is -1.39. The Bertz CT molecular complexity index is 505. The lowest BCUT2D eigenvalue weighted by molar-refractivity contribution is 0.475. The fourth-order valence-electron chi connectivity index (χ4n) is 1.67. The van der Waals surface area contributed by atoms with Crippen LogP contribution in [0, 0.1) is 6.92 Å². The molecule has 0 amide bonds. The van der Waals surface area contributed by atoms with Gasteiger partial charge in [0.15, 0.2) is 0 Å². The molecule has 3 nitrogen and oxygen atoms in total. The minimum absolute atomic E-state index is 0.283. The lowest BCUT2D eigenvalue weighted by atomic mass is 10.2. The number of aromatic nitrogens is 1. The Morgan fingerprint density at radius 3 is 2.53 bits per heavy atom. The van der Waals surface area contributed by atoms with Crippen molar-refractivity contribution in [2.75, 3.05) is 7.05 Å². The van der Waals surface area contributed by atoms with Crippen LogP contribution in [0.15, 0.2) is 24.3 Å². The van der Waals surface area contributed by atoms with Crippen molar-refractivity contribution >= 4 is 11.3 Å². The Kier molecular flexibility index (Phi) is 3.45. The smallest absolute Gasteiger partial charge is 0.123 e. The molecule has 1 heterocycles. The van der Waals surface area contributed by atoms with E-state index < -0.39 is 0 Å². The Balaban J connectivity index is 2.37. The molecule has 2 N–H and O–H groups in total. The van der Waals surface area contributed by atoms with Crippen LogP contribution in [0.25, 0.3) is 10.6 Å². The van der Waals surface area contributed by atoms with Crippen molar-refractivity contribution in [1.29, 1.82) is 0 Å². The van der Waals surface area contributed by atoms with Gasteiger partial charge in [0.1, 0.15) is 10.8 Å². The topological polar surface area (TPSA) is 45.1 Å². The molecule has 1 unspecified atom stereocenters. The molecule has 0 aliphatic heterocycles. The average molecular weight is 248 g/mol. The van der Waals surface area contributed by atoms with Crippen LogP contribution < -0.4 is 5.32 Å². The summed E-state index contributed by atoms with van der Waals surface area (Å²) in [5.74, 6) is 0.283. The second-order valence-corrected chi connectivity index (χ2v) is 5.06. The number of rotatable bonds is 3. The maximum absolute atomic E-state index is 9.26. The van der Waals surface area contributed by atoms with E-state index in [9.17, 15) is 5.11 Å². The third-order valence-corrected chi connectivity index (χ3v) is 4.16. The molecule has 17 heavy (non-hydrogen) atoms. The van der Waals surface area contributed by atoms with E-state index in [2.05, 4.69) is 17.2 Å². The molecule has 0 radical (unpaired) electrons. The molecule has 0 aliphatic carbocycles. The molecule has 0 bridgehead atoms. The van der Waals surface area contributed by atoms with Crippen LogP contribution in [-0.2, 0) is 0 Å². The number of phenols is 1. The normalized spacial score (nSPS) is 12.6. The number of aromatic hydroxyl groups is 1. The van der Waals surface area contributed by atoms with Crippen LogP contribution in [0.3, 0.4) is 0 Å². The minimum Gasteiger partial charge on any atom is -0.508 e. The molecule has 2 rings (SSSR count). The second-order valence-electron chi connectivity index (χ2n) is 4.03. The first-order valence-electron chi connectivity index (χ1n) is 5.56. The molecular weight excluding hydrogens is 232 g/mol. The van der Waals surface area contributed by atoms with Gasteiger partial charge in [0.05, 0.1) is 5.69 Å². The number of benzene rings is 1. The van der Waals surface area contributed by atoms with Gasteiger partial charge < -0.3 is 10.4 Å². The zero-order valence-electron chi connectivity index (χ0n) is 10.2. The highest BCUT2D eigenvalue weighted by molar-refractivity contribution is 7.15. The van der Waals surface area contributed by atoms with Crippen LogP contribution in [0.1, 0.15) is 23.5 Å². The monoisotopic (exact) mass is 248 g/mol. The summed E-state index contributed by atoms with van der Waals surface area (Å²) in [5.41, 5.74) is 2.12. The number of nitrogens with one attached hydrogen (secondary N) is 1. The molecule has 0 saturated heterocycles. The summed E-state index contributed by atoms with van der Waals surface area (Å²) < 4.78 is 0. The highest BCUT2D eigenvalue weighted by atomic mass is 32.1. The number of aryl methyl sites for hydroxylation is 1. The van der Waals surface area contributed by atoms with Crippen molar-refractivity contribution in [3.05, 3.63) is 34.8 Å². The van der Waals surface area contributed by atoms with E-state index in [0.717, 1.165) is 16.3 Å². The second kappa shape index (κ2) is 4.85. The molecule has 0 saturated carbocycles. The van der Waals surface area contributed by atoms with Gasteiger partial charge in [-0.05, 0) is 45.2 Å². The summed E-state index contributed by atoms with van der Waals surface area (Å²) >= 11 is 1.70. The first-order chi connectivity index (χ1) is 8.11. The van der Waals surface area contributed by atoms with Gasteiger partial charge in [-0.15, -0.1) is 11.3 Å². The number of thiazole rings is 1. The van der Waals surface area contributed by atoms with E-state index in [1.807, 2.05) is 26.1 Å². The van der Waals surface area contributed by atoms with Gasteiger partial charge in [0, 0.05) is 16.5 Å². The summed E-state index contributed by atoms with van der Waals surface area (Å²) in [7, 11) is 1.95. The predicted molar refractivity (Wildman–Crippen MR) is 71.4 cm³/mol. The summed E-state index contributed by atoms with van der Waals surface area (Å²) in [6, 6.07) is 7.47. The van der Waals surface area contributed by atoms with Crippen molar-refractivity contribution in [2.24, 2.45) is 0 Å². The van der Waals surface area contributed by atoms with Crippen LogP contribution in [-0.4, -0.2) is 17.1 Å².